The second-order valence-electron chi connectivity index (χ2n) is 4.84. The molecule has 1 aromatic carbocycles. The highest BCUT2D eigenvalue weighted by molar-refractivity contribution is 6.07. The minimum absolute atomic E-state index is 0.0400. The summed E-state index contributed by atoms with van der Waals surface area (Å²) in [6, 6.07) is 5.94. The van der Waals surface area contributed by atoms with Crippen LogP contribution in [-0.4, -0.2) is 28.6 Å². The number of hydrazone groups is 1. The van der Waals surface area contributed by atoms with Crippen molar-refractivity contribution in [2.45, 2.75) is 13.3 Å². The van der Waals surface area contributed by atoms with Gasteiger partial charge in [-0.3, -0.25) is 4.79 Å². The fourth-order valence-electron chi connectivity index (χ4n) is 2.42. The van der Waals surface area contributed by atoms with Gasteiger partial charge in [0.1, 0.15) is 12.1 Å². The lowest BCUT2D eigenvalue weighted by Gasteiger charge is -2.19. The molecule has 102 valence electrons. The Morgan fingerprint density at radius 1 is 1.35 bits per heavy atom. The van der Waals surface area contributed by atoms with E-state index >= 15 is 0 Å². The maximum atomic E-state index is 11.3. The van der Waals surface area contributed by atoms with Crippen LogP contribution in [-0.2, 0) is 4.79 Å². The third-order valence-electron chi connectivity index (χ3n) is 3.43. The summed E-state index contributed by atoms with van der Waals surface area (Å²) in [6.45, 7) is 2.00. The number of fused-ring (bicyclic) bond motifs is 1. The van der Waals surface area contributed by atoms with E-state index in [2.05, 4.69) is 25.8 Å². The molecule has 0 fully saturated rings. The van der Waals surface area contributed by atoms with Crippen LogP contribution in [0.5, 0.6) is 0 Å². The fourth-order valence-corrected chi connectivity index (χ4v) is 2.42. The summed E-state index contributed by atoms with van der Waals surface area (Å²) >= 11 is 0. The zero-order chi connectivity index (χ0) is 14.1. The number of anilines is 1. The van der Waals surface area contributed by atoms with E-state index in [0.717, 1.165) is 28.0 Å². The van der Waals surface area contributed by atoms with Gasteiger partial charge in [-0.1, -0.05) is 13.0 Å². The first-order valence-corrected chi connectivity index (χ1v) is 6.48. The Bertz CT molecular complexity index is 710. The molecule has 20 heavy (non-hydrogen) atoms. The summed E-state index contributed by atoms with van der Waals surface area (Å²) < 4.78 is 0. The summed E-state index contributed by atoms with van der Waals surface area (Å²) in [5.41, 5.74) is 5.25. The van der Waals surface area contributed by atoms with E-state index in [1.54, 1.807) is 0 Å². The largest absolute Gasteiger partial charge is 0.373 e. The summed E-state index contributed by atoms with van der Waals surface area (Å²) in [6.07, 6.45) is 1.99. The fraction of sp³-hybridized carbons (Fsp3) is 0.286. The summed E-state index contributed by atoms with van der Waals surface area (Å²) in [5.74, 6) is 0.863. The van der Waals surface area contributed by atoms with Crippen LogP contribution in [0.2, 0.25) is 0 Å². The number of benzene rings is 1. The Morgan fingerprint density at radius 3 is 2.95 bits per heavy atom. The molecule has 1 aliphatic rings. The number of carbonyl (C=O) groups is 1. The smallest absolute Gasteiger partial charge is 0.240 e. The molecule has 0 spiro atoms. The van der Waals surface area contributed by atoms with Crippen molar-refractivity contribution in [3.8, 4) is 0 Å². The monoisotopic (exact) mass is 269 g/mol. The highest BCUT2D eigenvalue weighted by Gasteiger charge is 2.21. The number of rotatable bonds is 2. The quantitative estimate of drug-likeness (QED) is 0.866. The van der Waals surface area contributed by atoms with Gasteiger partial charge in [-0.05, 0) is 12.1 Å². The van der Waals surface area contributed by atoms with Crippen LogP contribution in [0.1, 0.15) is 18.9 Å². The molecule has 2 aromatic rings. The second-order valence-corrected chi connectivity index (χ2v) is 4.84. The van der Waals surface area contributed by atoms with Crippen LogP contribution in [0, 0.1) is 5.92 Å². The molecule has 0 saturated carbocycles. The Morgan fingerprint density at radius 2 is 2.20 bits per heavy atom. The predicted molar refractivity (Wildman–Crippen MR) is 77.5 cm³/mol. The summed E-state index contributed by atoms with van der Waals surface area (Å²) in [5, 5.41) is 8.18. The van der Waals surface area contributed by atoms with Crippen molar-refractivity contribution in [2.75, 3.05) is 12.4 Å². The second kappa shape index (κ2) is 4.88. The lowest BCUT2D eigenvalue weighted by atomic mass is 9.93. The third-order valence-corrected chi connectivity index (χ3v) is 3.43. The molecule has 1 amide bonds. The van der Waals surface area contributed by atoms with Crippen molar-refractivity contribution >= 4 is 28.3 Å². The lowest BCUT2D eigenvalue weighted by molar-refractivity contribution is -0.121. The molecule has 3 rings (SSSR count). The van der Waals surface area contributed by atoms with Gasteiger partial charge in [0.05, 0.1) is 11.2 Å². The molecular formula is C14H15N5O. The Kier molecular flexibility index (Phi) is 3.06. The van der Waals surface area contributed by atoms with E-state index in [0.29, 0.717) is 6.42 Å². The average Bonchev–Trinajstić information content (AvgIpc) is 2.46. The van der Waals surface area contributed by atoms with Gasteiger partial charge in [-0.25, -0.2) is 15.4 Å². The number of hydrogen-bond donors (Lipinski definition) is 2. The predicted octanol–water partition coefficient (Wildman–Crippen LogP) is 1.53. The standard InChI is InChI=1S/C14H15N5O/c1-8-5-12(20)18-19-13(8)9-3-4-10-11(6-9)16-7-17-14(10)15-2/h3-4,6-8H,5H2,1-2H3,(H,18,20)(H,15,16,17). The molecule has 0 bridgehead atoms. The van der Waals surface area contributed by atoms with E-state index in [1.807, 2.05) is 32.2 Å². The highest BCUT2D eigenvalue weighted by atomic mass is 16.2. The number of hydrogen-bond acceptors (Lipinski definition) is 5. The third kappa shape index (κ3) is 2.09. The van der Waals surface area contributed by atoms with E-state index in [4.69, 9.17) is 0 Å². The van der Waals surface area contributed by atoms with Crippen molar-refractivity contribution in [3.05, 3.63) is 30.1 Å². The molecule has 1 aliphatic heterocycles. The summed E-state index contributed by atoms with van der Waals surface area (Å²) in [7, 11) is 1.83. The molecule has 2 heterocycles. The minimum atomic E-state index is -0.0400. The number of nitrogens with zero attached hydrogens (tertiary/aromatic N) is 3. The molecular weight excluding hydrogens is 254 g/mol. The topological polar surface area (TPSA) is 79.3 Å². The molecule has 6 heteroatoms. The van der Waals surface area contributed by atoms with E-state index < -0.39 is 0 Å². The van der Waals surface area contributed by atoms with Gasteiger partial charge in [0.15, 0.2) is 0 Å². The summed E-state index contributed by atoms with van der Waals surface area (Å²) in [4.78, 5) is 19.8. The van der Waals surface area contributed by atoms with Gasteiger partial charge < -0.3 is 5.32 Å². The van der Waals surface area contributed by atoms with Crippen LogP contribution < -0.4 is 10.7 Å². The normalized spacial score (nSPS) is 18.6. The lowest BCUT2D eigenvalue weighted by Crippen LogP contribution is -2.31. The number of nitrogens with one attached hydrogen (secondary N) is 2. The molecule has 6 nitrogen and oxygen atoms in total. The Labute approximate surface area is 116 Å². The molecule has 0 saturated heterocycles. The van der Waals surface area contributed by atoms with Crippen molar-refractivity contribution < 1.29 is 4.79 Å². The minimum Gasteiger partial charge on any atom is -0.373 e. The van der Waals surface area contributed by atoms with Crippen molar-refractivity contribution in [2.24, 2.45) is 11.0 Å². The van der Waals surface area contributed by atoms with Crippen molar-refractivity contribution in [1.29, 1.82) is 0 Å². The Balaban J connectivity index is 2.08. The van der Waals surface area contributed by atoms with E-state index in [9.17, 15) is 4.79 Å². The molecule has 0 radical (unpaired) electrons. The van der Waals surface area contributed by atoms with Gasteiger partial charge >= 0.3 is 0 Å². The maximum absolute atomic E-state index is 11.3. The van der Waals surface area contributed by atoms with E-state index in [1.165, 1.54) is 6.33 Å². The van der Waals surface area contributed by atoms with Gasteiger partial charge in [0, 0.05) is 30.3 Å². The van der Waals surface area contributed by atoms with E-state index in [-0.39, 0.29) is 11.8 Å². The molecule has 1 unspecified atom stereocenters. The zero-order valence-corrected chi connectivity index (χ0v) is 11.3. The van der Waals surface area contributed by atoms with Gasteiger partial charge in [0.25, 0.3) is 0 Å². The SMILES string of the molecule is CNc1ncnc2cc(C3=NNC(=O)CC3C)ccc12. The highest BCUT2D eigenvalue weighted by Crippen LogP contribution is 2.23. The molecule has 0 aliphatic carbocycles. The van der Waals surface area contributed by atoms with Gasteiger partial charge in [-0.15, -0.1) is 0 Å². The first kappa shape index (κ1) is 12.5. The number of amides is 1. The number of aromatic nitrogens is 2. The first-order valence-electron chi connectivity index (χ1n) is 6.48. The average molecular weight is 269 g/mol. The van der Waals surface area contributed by atoms with Crippen molar-refractivity contribution in [1.82, 2.24) is 15.4 Å². The van der Waals surface area contributed by atoms with Gasteiger partial charge in [0.2, 0.25) is 5.91 Å². The number of carbonyl (C=O) groups excluding carboxylic acids is 1. The van der Waals surface area contributed by atoms with Crippen LogP contribution in [0.3, 0.4) is 0 Å². The van der Waals surface area contributed by atoms with Crippen LogP contribution in [0.25, 0.3) is 10.9 Å². The molecule has 1 atom stereocenters. The van der Waals surface area contributed by atoms with Crippen LogP contribution in [0.4, 0.5) is 5.82 Å². The first-order chi connectivity index (χ1) is 9.69. The molecule has 1 aromatic heterocycles. The van der Waals surface area contributed by atoms with Crippen LogP contribution in [0.15, 0.2) is 29.6 Å². The maximum Gasteiger partial charge on any atom is 0.240 e. The Hall–Kier alpha value is -2.50. The van der Waals surface area contributed by atoms with Gasteiger partial charge in [-0.2, -0.15) is 5.10 Å². The zero-order valence-electron chi connectivity index (χ0n) is 11.3. The van der Waals surface area contributed by atoms with Crippen molar-refractivity contribution in [3.63, 3.8) is 0 Å². The van der Waals surface area contributed by atoms with Crippen LogP contribution >= 0.6 is 0 Å². The molecule has 2 N–H and O–H groups in total.